The number of carbonyl (C=O) groups is 2. The molecule has 1 aromatic carbocycles. The van der Waals surface area contributed by atoms with Gasteiger partial charge in [-0.15, -0.1) is 11.8 Å². The highest BCUT2D eigenvalue weighted by Crippen LogP contribution is 2.17. The van der Waals surface area contributed by atoms with Gasteiger partial charge < -0.3 is 20.3 Å². The quantitative estimate of drug-likeness (QED) is 0.812. The van der Waals surface area contributed by atoms with E-state index in [1.807, 2.05) is 0 Å². The molecular formula is C18H23N3O3S. The van der Waals surface area contributed by atoms with Crippen LogP contribution in [0.4, 0.5) is 5.69 Å². The molecule has 2 N–H and O–H groups in total. The molecule has 2 aliphatic heterocycles. The molecule has 0 aliphatic carbocycles. The SMILES string of the molecule is O=C(Nc1ccc(C(=O)NCCN2CCCC2)cc1)C1=CSCCO1. The lowest BCUT2D eigenvalue weighted by atomic mass is 10.2. The van der Waals surface area contributed by atoms with Crippen LogP contribution >= 0.6 is 11.8 Å². The molecule has 0 atom stereocenters. The maximum atomic E-state index is 12.2. The van der Waals surface area contributed by atoms with E-state index in [2.05, 4.69) is 15.5 Å². The van der Waals surface area contributed by atoms with Gasteiger partial charge in [0.25, 0.3) is 11.8 Å². The van der Waals surface area contributed by atoms with E-state index in [0.29, 0.717) is 30.2 Å². The smallest absolute Gasteiger partial charge is 0.291 e. The van der Waals surface area contributed by atoms with Crippen LogP contribution in [0.15, 0.2) is 35.4 Å². The van der Waals surface area contributed by atoms with Gasteiger partial charge in [-0.2, -0.15) is 0 Å². The molecule has 7 heteroatoms. The Morgan fingerprint density at radius 1 is 1.12 bits per heavy atom. The lowest BCUT2D eigenvalue weighted by Crippen LogP contribution is -2.33. The van der Waals surface area contributed by atoms with Crippen LogP contribution in [-0.2, 0) is 9.53 Å². The zero-order chi connectivity index (χ0) is 17.5. The number of likely N-dealkylation sites (tertiary alicyclic amines) is 1. The van der Waals surface area contributed by atoms with Crippen molar-refractivity contribution >= 4 is 29.3 Å². The van der Waals surface area contributed by atoms with Crippen LogP contribution in [0.5, 0.6) is 0 Å². The van der Waals surface area contributed by atoms with Gasteiger partial charge >= 0.3 is 0 Å². The molecule has 0 bridgehead atoms. The van der Waals surface area contributed by atoms with Gasteiger partial charge in [-0.05, 0) is 50.2 Å². The van der Waals surface area contributed by atoms with E-state index in [-0.39, 0.29) is 11.8 Å². The van der Waals surface area contributed by atoms with Crippen LogP contribution < -0.4 is 10.6 Å². The Bertz CT molecular complexity index is 639. The number of nitrogens with one attached hydrogen (secondary N) is 2. The van der Waals surface area contributed by atoms with Gasteiger partial charge in [0.05, 0.1) is 6.61 Å². The number of ether oxygens (including phenoxy) is 1. The van der Waals surface area contributed by atoms with E-state index >= 15 is 0 Å². The van der Waals surface area contributed by atoms with Gasteiger partial charge in [-0.1, -0.05) is 0 Å². The van der Waals surface area contributed by atoms with Crippen LogP contribution in [0.1, 0.15) is 23.2 Å². The summed E-state index contributed by atoms with van der Waals surface area (Å²) in [6.07, 6.45) is 2.50. The van der Waals surface area contributed by atoms with Gasteiger partial charge in [0.2, 0.25) is 0 Å². The maximum absolute atomic E-state index is 12.2. The second kappa shape index (κ2) is 8.92. The van der Waals surface area contributed by atoms with Crippen molar-refractivity contribution in [2.45, 2.75) is 12.8 Å². The zero-order valence-electron chi connectivity index (χ0n) is 14.1. The third-order valence-electron chi connectivity index (χ3n) is 4.19. The highest BCUT2D eigenvalue weighted by atomic mass is 32.2. The first-order valence-corrected chi connectivity index (χ1v) is 9.64. The Morgan fingerprint density at radius 2 is 1.88 bits per heavy atom. The number of rotatable bonds is 6. The van der Waals surface area contributed by atoms with E-state index in [0.717, 1.165) is 25.4 Å². The molecule has 0 aromatic heterocycles. The first-order valence-electron chi connectivity index (χ1n) is 8.59. The van der Waals surface area contributed by atoms with Crippen LogP contribution in [0.2, 0.25) is 0 Å². The van der Waals surface area contributed by atoms with E-state index in [1.165, 1.54) is 12.8 Å². The van der Waals surface area contributed by atoms with Gasteiger partial charge in [0, 0.05) is 35.5 Å². The standard InChI is InChI=1S/C18H23N3O3S/c22-17(19-7-10-21-8-1-2-9-21)14-3-5-15(6-4-14)20-18(23)16-13-25-12-11-24-16/h3-6,13H,1-2,7-12H2,(H,19,22)(H,20,23). The Kier molecular flexibility index (Phi) is 6.36. The fourth-order valence-electron chi connectivity index (χ4n) is 2.82. The number of hydrogen-bond acceptors (Lipinski definition) is 5. The van der Waals surface area contributed by atoms with E-state index in [1.54, 1.807) is 41.4 Å². The summed E-state index contributed by atoms with van der Waals surface area (Å²) in [5, 5.41) is 7.44. The summed E-state index contributed by atoms with van der Waals surface area (Å²) < 4.78 is 5.32. The minimum absolute atomic E-state index is 0.0909. The molecule has 0 saturated carbocycles. The van der Waals surface area contributed by atoms with Gasteiger partial charge in [-0.3, -0.25) is 9.59 Å². The summed E-state index contributed by atoms with van der Waals surface area (Å²) in [7, 11) is 0. The Balaban J connectivity index is 1.46. The summed E-state index contributed by atoms with van der Waals surface area (Å²) in [5.74, 6) is 0.833. The molecule has 2 heterocycles. The molecule has 3 rings (SSSR count). The number of benzene rings is 1. The van der Waals surface area contributed by atoms with Crippen molar-refractivity contribution in [3.8, 4) is 0 Å². The van der Waals surface area contributed by atoms with E-state index < -0.39 is 0 Å². The first kappa shape index (κ1) is 17.8. The number of anilines is 1. The minimum Gasteiger partial charge on any atom is -0.487 e. The highest BCUT2D eigenvalue weighted by molar-refractivity contribution is 8.02. The lowest BCUT2D eigenvalue weighted by molar-refractivity contribution is -0.116. The molecule has 1 saturated heterocycles. The molecule has 2 aliphatic rings. The molecule has 0 unspecified atom stereocenters. The van der Waals surface area contributed by atoms with Crippen molar-refractivity contribution < 1.29 is 14.3 Å². The Morgan fingerprint density at radius 3 is 2.56 bits per heavy atom. The molecule has 1 aromatic rings. The molecular weight excluding hydrogens is 338 g/mol. The molecule has 25 heavy (non-hydrogen) atoms. The number of amides is 2. The minimum atomic E-state index is -0.269. The molecule has 1 fully saturated rings. The third-order valence-corrected chi connectivity index (χ3v) is 4.97. The maximum Gasteiger partial charge on any atom is 0.291 e. The summed E-state index contributed by atoms with van der Waals surface area (Å²) in [6, 6.07) is 6.88. The summed E-state index contributed by atoms with van der Waals surface area (Å²) in [4.78, 5) is 26.6. The topological polar surface area (TPSA) is 70.7 Å². The predicted molar refractivity (Wildman–Crippen MR) is 99.6 cm³/mol. The van der Waals surface area contributed by atoms with Crippen molar-refractivity contribution in [3.63, 3.8) is 0 Å². The van der Waals surface area contributed by atoms with Crippen LogP contribution in [0.3, 0.4) is 0 Å². The molecule has 134 valence electrons. The number of carbonyl (C=O) groups excluding carboxylic acids is 2. The van der Waals surface area contributed by atoms with E-state index in [4.69, 9.17) is 4.74 Å². The predicted octanol–water partition coefficient (Wildman–Crippen LogP) is 2.06. The van der Waals surface area contributed by atoms with Crippen molar-refractivity contribution in [1.29, 1.82) is 0 Å². The van der Waals surface area contributed by atoms with Crippen LogP contribution in [0, 0.1) is 0 Å². The molecule has 2 amide bonds. The van der Waals surface area contributed by atoms with Crippen molar-refractivity contribution in [3.05, 3.63) is 41.0 Å². The molecule has 0 radical (unpaired) electrons. The normalized spacial score (nSPS) is 17.5. The summed E-state index contributed by atoms with van der Waals surface area (Å²) >= 11 is 1.56. The van der Waals surface area contributed by atoms with Crippen LogP contribution in [-0.4, -0.2) is 55.3 Å². The average molecular weight is 361 g/mol. The monoisotopic (exact) mass is 361 g/mol. The lowest BCUT2D eigenvalue weighted by Gasteiger charge is -2.15. The van der Waals surface area contributed by atoms with Crippen molar-refractivity contribution in [1.82, 2.24) is 10.2 Å². The van der Waals surface area contributed by atoms with Gasteiger partial charge in [0.1, 0.15) is 0 Å². The van der Waals surface area contributed by atoms with Crippen LogP contribution in [0.25, 0.3) is 0 Å². The van der Waals surface area contributed by atoms with Gasteiger partial charge in [-0.25, -0.2) is 0 Å². The van der Waals surface area contributed by atoms with E-state index in [9.17, 15) is 9.59 Å². The molecule has 6 nitrogen and oxygen atoms in total. The highest BCUT2D eigenvalue weighted by Gasteiger charge is 2.15. The number of nitrogens with zero attached hydrogens (tertiary/aromatic N) is 1. The number of thioether (sulfide) groups is 1. The Labute approximate surface area is 152 Å². The third kappa shape index (κ3) is 5.24. The second-order valence-corrected chi connectivity index (χ2v) is 7.01. The first-order chi connectivity index (χ1) is 12.2. The summed E-state index contributed by atoms with van der Waals surface area (Å²) in [6.45, 7) is 4.35. The average Bonchev–Trinajstić information content (AvgIpc) is 3.16. The van der Waals surface area contributed by atoms with Gasteiger partial charge in [0.15, 0.2) is 5.76 Å². The second-order valence-electron chi connectivity index (χ2n) is 6.04. The summed E-state index contributed by atoms with van der Waals surface area (Å²) in [5.41, 5.74) is 1.22. The largest absolute Gasteiger partial charge is 0.487 e. The number of hydrogen-bond donors (Lipinski definition) is 2. The zero-order valence-corrected chi connectivity index (χ0v) is 14.9. The Hall–Kier alpha value is -1.99. The fraction of sp³-hybridized carbons (Fsp3) is 0.444. The molecule has 0 spiro atoms. The van der Waals surface area contributed by atoms with Crippen molar-refractivity contribution in [2.75, 3.05) is 43.9 Å². The van der Waals surface area contributed by atoms with Crippen molar-refractivity contribution in [2.24, 2.45) is 0 Å². The fourth-order valence-corrected chi connectivity index (χ4v) is 3.44.